The minimum atomic E-state index is -0.0634. The Hall–Kier alpha value is -2.08. The molecule has 1 heterocycles. The van der Waals surface area contributed by atoms with Crippen molar-refractivity contribution < 1.29 is 14.3 Å². The van der Waals surface area contributed by atoms with E-state index < -0.39 is 0 Å². The number of rotatable bonds is 8. The number of hydrogen-bond donors (Lipinski definition) is 3. The molecule has 2 amide bonds. The highest BCUT2D eigenvalue weighted by Gasteiger charge is 2.24. The van der Waals surface area contributed by atoms with Crippen LogP contribution in [0, 0.1) is 5.92 Å². The van der Waals surface area contributed by atoms with Crippen molar-refractivity contribution in [3.8, 4) is 5.75 Å². The molecule has 1 saturated heterocycles. The van der Waals surface area contributed by atoms with Crippen molar-refractivity contribution in [2.45, 2.75) is 51.1 Å². The number of hydrogen-bond acceptors (Lipinski definition) is 4. The van der Waals surface area contributed by atoms with Gasteiger partial charge in [0.05, 0.1) is 0 Å². The Labute approximate surface area is 155 Å². The lowest BCUT2D eigenvalue weighted by molar-refractivity contribution is -0.126. The average Bonchev–Trinajstić information content (AvgIpc) is 3.45. The number of carbonyl (C=O) groups excluding carboxylic acids is 2. The molecule has 0 radical (unpaired) electrons. The molecule has 0 aromatic heterocycles. The van der Waals surface area contributed by atoms with Gasteiger partial charge in [-0.05, 0) is 63.3 Å². The highest BCUT2D eigenvalue weighted by Crippen LogP contribution is 2.19. The minimum Gasteiger partial charge on any atom is -0.484 e. The Morgan fingerprint density at radius 3 is 2.65 bits per heavy atom. The maximum absolute atomic E-state index is 12.2. The molecule has 1 saturated carbocycles. The number of ether oxygens (including phenoxy) is 1. The summed E-state index contributed by atoms with van der Waals surface area (Å²) < 4.78 is 5.50. The van der Waals surface area contributed by atoms with Crippen molar-refractivity contribution in [3.05, 3.63) is 29.8 Å². The molecule has 6 heteroatoms. The van der Waals surface area contributed by atoms with E-state index in [-0.39, 0.29) is 24.3 Å². The van der Waals surface area contributed by atoms with Crippen molar-refractivity contribution in [1.29, 1.82) is 0 Å². The van der Waals surface area contributed by atoms with E-state index in [2.05, 4.69) is 22.9 Å². The Morgan fingerprint density at radius 2 is 1.96 bits per heavy atom. The van der Waals surface area contributed by atoms with Crippen LogP contribution in [0.15, 0.2) is 24.3 Å². The molecule has 0 bridgehead atoms. The lowest BCUT2D eigenvalue weighted by atomic mass is 9.92. The van der Waals surface area contributed by atoms with E-state index in [1.807, 2.05) is 24.3 Å². The van der Waals surface area contributed by atoms with Crippen molar-refractivity contribution in [2.75, 3.05) is 19.7 Å². The third-order valence-corrected chi connectivity index (χ3v) is 4.94. The lowest BCUT2D eigenvalue weighted by Gasteiger charge is -2.27. The molecule has 142 valence electrons. The highest BCUT2D eigenvalue weighted by atomic mass is 16.5. The molecule has 1 aliphatic heterocycles. The minimum absolute atomic E-state index is 0.0561. The quantitative estimate of drug-likeness (QED) is 0.655. The van der Waals surface area contributed by atoms with Crippen LogP contribution in [0.4, 0.5) is 0 Å². The predicted octanol–water partition coefficient (Wildman–Crippen LogP) is 1.39. The van der Waals surface area contributed by atoms with E-state index in [1.165, 1.54) is 0 Å². The molecule has 2 fully saturated rings. The van der Waals surface area contributed by atoms with Crippen molar-refractivity contribution >= 4 is 11.8 Å². The first-order valence-electron chi connectivity index (χ1n) is 9.62. The third kappa shape index (κ3) is 6.02. The van der Waals surface area contributed by atoms with Gasteiger partial charge in [-0.1, -0.05) is 12.1 Å². The second-order valence-corrected chi connectivity index (χ2v) is 7.39. The van der Waals surface area contributed by atoms with Gasteiger partial charge >= 0.3 is 0 Å². The van der Waals surface area contributed by atoms with Gasteiger partial charge in [-0.2, -0.15) is 0 Å². The molecule has 6 nitrogen and oxygen atoms in total. The lowest BCUT2D eigenvalue weighted by Crippen LogP contribution is -2.42. The second-order valence-electron chi connectivity index (χ2n) is 7.39. The van der Waals surface area contributed by atoms with Gasteiger partial charge in [0.25, 0.3) is 5.91 Å². The van der Waals surface area contributed by atoms with Gasteiger partial charge in [0.1, 0.15) is 5.75 Å². The Kier molecular flexibility index (Phi) is 6.50. The van der Waals surface area contributed by atoms with Crippen molar-refractivity contribution in [2.24, 2.45) is 5.92 Å². The van der Waals surface area contributed by atoms with Gasteiger partial charge in [-0.15, -0.1) is 0 Å². The predicted molar refractivity (Wildman–Crippen MR) is 100 cm³/mol. The average molecular weight is 359 g/mol. The summed E-state index contributed by atoms with van der Waals surface area (Å²) >= 11 is 0. The van der Waals surface area contributed by atoms with Gasteiger partial charge < -0.3 is 20.7 Å². The molecule has 3 rings (SSSR count). The molecule has 1 aromatic rings. The monoisotopic (exact) mass is 359 g/mol. The summed E-state index contributed by atoms with van der Waals surface area (Å²) in [6.07, 6.45) is 4.76. The summed E-state index contributed by atoms with van der Waals surface area (Å²) in [5.74, 6) is 0.919. The zero-order valence-electron chi connectivity index (χ0n) is 15.4. The molecule has 1 aliphatic carbocycles. The van der Waals surface area contributed by atoms with Crippen LogP contribution in [0.2, 0.25) is 0 Å². The van der Waals surface area contributed by atoms with E-state index >= 15 is 0 Å². The molecule has 26 heavy (non-hydrogen) atoms. The van der Waals surface area contributed by atoms with Crippen LogP contribution in [-0.4, -0.2) is 43.6 Å². The molecule has 2 aliphatic rings. The van der Waals surface area contributed by atoms with Crippen molar-refractivity contribution in [1.82, 2.24) is 16.0 Å². The van der Waals surface area contributed by atoms with Gasteiger partial charge in [0, 0.05) is 24.5 Å². The van der Waals surface area contributed by atoms with Crippen LogP contribution in [0.5, 0.6) is 5.75 Å². The standard InChI is InChI=1S/C20H29N3O3/c1-14-12-16(9-11-21-14)20(25)22-10-8-15-2-6-18(7-3-15)26-13-19(24)23-17-4-5-17/h2-3,6-7,14,16-17,21H,4-5,8-13H2,1H3,(H,22,25)(H,23,24)/t14-,16-/m0/s1. The van der Waals surface area contributed by atoms with Crippen LogP contribution in [-0.2, 0) is 16.0 Å². The third-order valence-electron chi connectivity index (χ3n) is 4.94. The largest absolute Gasteiger partial charge is 0.484 e. The zero-order valence-corrected chi connectivity index (χ0v) is 15.4. The fourth-order valence-electron chi connectivity index (χ4n) is 3.24. The summed E-state index contributed by atoms with van der Waals surface area (Å²) in [7, 11) is 0. The summed E-state index contributed by atoms with van der Waals surface area (Å²) in [6, 6.07) is 8.47. The topological polar surface area (TPSA) is 79.5 Å². The maximum atomic E-state index is 12.2. The SMILES string of the molecule is C[C@H]1C[C@@H](C(=O)NCCc2ccc(OCC(=O)NC3CC3)cc2)CCN1. The first-order chi connectivity index (χ1) is 12.6. The van der Waals surface area contributed by atoms with Gasteiger partial charge in [0.2, 0.25) is 5.91 Å². The molecular weight excluding hydrogens is 330 g/mol. The zero-order chi connectivity index (χ0) is 18.4. The van der Waals surface area contributed by atoms with E-state index in [9.17, 15) is 9.59 Å². The molecule has 2 atom stereocenters. The van der Waals surface area contributed by atoms with Gasteiger partial charge in [0.15, 0.2) is 6.61 Å². The number of carbonyl (C=O) groups is 2. The van der Waals surface area contributed by atoms with Crippen LogP contribution >= 0.6 is 0 Å². The van der Waals surface area contributed by atoms with Crippen LogP contribution < -0.4 is 20.7 Å². The smallest absolute Gasteiger partial charge is 0.258 e. The van der Waals surface area contributed by atoms with E-state index in [4.69, 9.17) is 4.74 Å². The normalized spacial score (nSPS) is 22.5. The first kappa shape index (κ1) is 18.7. The summed E-state index contributed by atoms with van der Waals surface area (Å²) in [4.78, 5) is 23.8. The molecule has 3 N–H and O–H groups in total. The Balaban J connectivity index is 1.34. The first-order valence-corrected chi connectivity index (χ1v) is 9.62. The van der Waals surface area contributed by atoms with E-state index in [0.29, 0.717) is 24.4 Å². The van der Waals surface area contributed by atoms with Crippen LogP contribution in [0.25, 0.3) is 0 Å². The maximum Gasteiger partial charge on any atom is 0.258 e. The second kappa shape index (κ2) is 9.03. The highest BCUT2D eigenvalue weighted by molar-refractivity contribution is 5.79. The molecule has 1 aromatic carbocycles. The van der Waals surface area contributed by atoms with Crippen LogP contribution in [0.3, 0.4) is 0 Å². The summed E-state index contributed by atoms with van der Waals surface area (Å²) in [5.41, 5.74) is 1.14. The number of benzene rings is 1. The molecule has 0 unspecified atom stereocenters. The van der Waals surface area contributed by atoms with Crippen LogP contribution in [0.1, 0.15) is 38.2 Å². The molecular formula is C20H29N3O3. The van der Waals surface area contributed by atoms with Gasteiger partial charge in [-0.3, -0.25) is 9.59 Å². The number of piperidine rings is 1. The fraction of sp³-hybridized carbons (Fsp3) is 0.600. The molecule has 0 spiro atoms. The van der Waals surface area contributed by atoms with Crippen molar-refractivity contribution in [3.63, 3.8) is 0 Å². The van der Waals surface area contributed by atoms with E-state index in [0.717, 1.165) is 44.2 Å². The Bertz CT molecular complexity index is 613. The number of amides is 2. The van der Waals surface area contributed by atoms with Gasteiger partial charge in [-0.25, -0.2) is 0 Å². The fourth-order valence-corrected chi connectivity index (χ4v) is 3.24. The Morgan fingerprint density at radius 1 is 1.19 bits per heavy atom. The summed E-state index contributed by atoms with van der Waals surface area (Å²) in [5, 5.41) is 9.31. The number of nitrogens with one attached hydrogen (secondary N) is 3. The summed E-state index contributed by atoms with van der Waals surface area (Å²) in [6.45, 7) is 3.74. The van der Waals surface area contributed by atoms with E-state index in [1.54, 1.807) is 0 Å².